The van der Waals surface area contributed by atoms with Crippen molar-refractivity contribution in [3.05, 3.63) is 22.6 Å². The largest absolute Gasteiger partial charge is 0.453 e. The Morgan fingerprint density at radius 2 is 2.37 bits per heavy atom. The number of nitrogens with zero attached hydrogens (tertiary/aromatic N) is 2. The van der Waals surface area contributed by atoms with E-state index in [2.05, 4.69) is 30.9 Å². The van der Waals surface area contributed by atoms with E-state index in [-0.39, 0.29) is 6.61 Å². The van der Waals surface area contributed by atoms with Gasteiger partial charge in [-0.15, -0.1) is 0 Å². The van der Waals surface area contributed by atoms with Crippen LogP contribution in [0.15, 0.2) is 16.7 Å². The summed E-state index contributed by atoms with van der Waals surface area (Å²) in [4.78, 5) is 23.0. The molecule has 2 heterocycles. The highest BCUT2D eigenvalue weighted by Crippen LogP contribution is 2.19. The van der Waals surface area contributed by atoms with Crippen molar-refractivity contribution in [3.8, 4) is 0 Å². The number of H-pyrrole nitrogens is 1. The highest BCUT2D eigenvalue weighted by Gasteiger charge is 2.16. The Morgan fingerprint density at radius 3 is 3.11 bits per heavy atom. The summed E-state index contributed by atoms with van der Waals surface area (Å²) < 4.78 is 11.0. The number of fused-ring (bicyclic) bond motifs is 1. The molecule has 0 radical (unpaired) electrons. The van der Waals surface area contributed by atoms with Gasteiger partial charge >= 0.3 is 5.97 Å². The van der Waals surface area contributed by atoms with E-state index in [1.165, 1.54) is 0 Å². The monoisotopic (exact) mass is 327 g/mol. The first-order chi connectivity index (χ1) is 9.10. The zero-order valence-corrected chi connectivity index (χ0v) is 12.2. The van der Waals surface area contributed by atoms with Crippen molar-refractivity contribution in [2.24, 2.45) is 0 Å². The Balaban J connectivity index is 2.08. The van der Waals surface area contributed by atoms with E-state index in [0.29, 0.717) is 18.1 Å². The van der Waals surface area contributed by atoms with E-state index in [9.17, 15) is 4.79 Å². The molecule has 0 fully saturated rings. The van der Waals surface area contributed by atoms with Crippen molar-refractivity contribution >= 4 is 33.1 Å². The first kappa shape index (κ1) is 14.0. The molecular weight excluding hydrogens is 314 g/mol. The molecular formula is C12H14BrN3O3. The maximum absolute atomic E-state index is 11.4. The molecule has 0 amide bonds. The molecule has 102 valence electrons. The second kappa shape index (κ2) is 6.12. The van der Waals surface area contributed by atoms with Crippen molar-refractivity contribution in [2.75, 3.05) is 13.2 Å². The zero-order valence-electron chi connectivity index (χ0n) is 10.6. The first-order valence-corrected chi connectivity index (χ1v) is 6.68. The van der Waals surface area contributed by atoms with Gasteiger partial charge in [0.05, 0.1) is 5.52 Å². The number of ether oxygens (including phenoxy) is 2. The number of aromatic nitrogens is 3. The lowest BCUT2D eigenvalue weighted by molar-refractivity contribution is -0.154. The summed E-state index contributed by atoms with van der Waals surface area (Å²) in [5.74, 6) is 0.148. The Labute approximate surface area is 118 Å². The van der Waals surface area contributed by atoms with Crippen LogP contribution in [0.3, 0.4) is 0 Å². The maximum Gasteiger partial charge on any atom is 0.332 e. The van der Waals surface area contributed by atoms with E-state index in [0.717, 1.165) is 9.99 Å². The van der Waals surface area contributed by atoms with Gasteiger partial charge in [0, 0.05) is 17.3 Å². The van der Waals surface area contributed by atoms with Crippen LogP contribution < -0.4 is 0 Å². The van der Waals surface area contributed by atoms with Gasteiger partial charge in [0.25, 0.3) is 0 Å². The van der Waals surface area contributed by atoms with Gasteiger partial charge in [0.2, 0.25) is 0 Å². The number of nitrogens with one attached hydrogen (secondary N) is 1. The van der Waals surface area contributed by atoms with Crippen molar-refractivity contribution < 1.29 is 14.3 Å². The van der Waals surface area contributed by atoms with Crippen LogP contribution in [0.4, 0.5) is 0 Å². The average molecular weight is 328 g/mol. The summed E-state index contributed by atoms with van der Waals surface area (Å²) in [7, 11) is 0. The van der Waals surface area contributed by atoms with Gasteiger partial charge in [0.1, 0.15) is 12.4 Å². The summed E-state index contributed by atoms with van der Waals surface area (Å²) in [6.07, 6.45) is 1.19. The fraction of sp³-hybridized carbons (Fsp3) is 0.417. The molecule has 6 nitrogen and oxygen atoms in total. The number of hydrogen-bond acceptors (Lipinski definition) is 5. The van der Waals surface area contributed by atoms with Gasteiger partial charge in [-0.3, -0.25) is 0 Å². The lowest BCUT2D eigenvalue weighted by Crippen LogP contribution is -2.15. The molecule has 0 saturated carbocycles. The van der Waals surface area contributed by atoms with Crippen molar-refractivity contribution in [1.29, 1.82) is 0 Å². The van der Waals surface area contributed by atoms with Crippen LogP contribution in [-0.2, 0) is 14.3 Å². The third kappa shape index (κ3) is 3.51. The Morgan fingerprint density at radius 1 is 1.58 bits per heavy atom. The summed E-state index contributed by atoms with van der Waals surface area (Å²) in [6.45, 7) is 3.99. The van der Waals surface area contributed by atoms with Crippen LogP contribution >= 0.6 is 15.9 Å². The molecule has 1 atom stereocenters. The zero-order chi connectivity index (χ0) is 13.8. The van der Waals surface area contributed by atoms with E-state index in [1.807, 2.05) is 13.0 Å². The molecule has 19 heavy (non-hydrogen) atoms. The number of carbonyl (C=O) groups is 1. The molecule has 2 rings (SSSR count). The van der Waals surface area contributed by atoms with Gasteiger partial charge in [-0.05, 0) is 35.8 Å². The molecule has 0 bridgehead atoms. The van der Waals surface area contributed by atoms with Gasteiger partial charge in [0.15, 0.2) is 11.8 Å². The van der Waals surface area contributed by atoms with Crippen LogP contribution in [0.5, 0.6) is 0 Å². The van der Waals surface area contributed by atoms with Crippen LogP contribution in [-0.4, -0.2) is 34.1 Å². The predicted molar refractivity (Wildman–Crippen MR) is 72.6 cm³/mol. The number of imidazole rings is 1. The van der Waals surface area contributed by atoms with Crippen molar-refractivity contribution in [3.63, 3.8) is 0 Å². The minimum Gasteiger partial charge on any atom is -0.453 e. The van der Waals surface area contributed by atoms with E-state index >= 15 is 0 Å². The van der Waals surface area contributed by atoms with Crippen LogP contribution in [0, 0.1) is 0 Å². The summed E-state index contributed by atoms with van der Waals surface area (Å²) in [5.41, 5.74) is 1.38. The Bertz CT molecular complexity index is 585. The maximum atomic E-state index is 11.4. The molecule has 0 aliphatic heterocycles. The van der Waals surface area contributed by atoms with Gasteiger partial charge in [-0.1, -0.05) is 0 Å². The normalized spacial score (nSPS) is 12.6. The molecule has 1 unspecified atom stereocenters. The quantitative estimate of drug-likeness (QED) is 0.853. The molecule has 0 aliphatic carbocycles. The van der Waals surface area contributed by atoms with Crippen molar-refractivity contribution in [2.45, 2.75) is 20.0 Å². The molecule has 0 spiro atoms. The molecule has 0 aromatic carbocycles. The van der Waals surface area contributed by atoms with Gasteiger partial charge in [-0.25, -0.2) is 14.8 Å². The number of aromatic amines is 1. The fourth-order valence-electron chi connectivity index (χ4n) is 1.56. The molecule has 0 aliphatic rings. The predicted octanol–water partition coefficient (Wildman–Crippen LogP) is 2.36. The number of esters is 1. The molecule has 1 N–H and O–H groups in total. The standard InChI is InChI=1S/C12H14BrN3O3/c1-3-18-6-10(17)19-7(2)11-15-9-4-8(13)5-14-12(9)16-11/h4-5,7H,3,6H2,1-2H3,(H,14,15,16). The third-order valence-corrected chi connectivity index (χ3v) is 2.87. The smallest absolute Gasteiger partial charge is 0.332 e. The van der Waals surface area contributed by atoms with E-state index in [1.54, 1.807) is 13.1 Å². The van der Waals surface area contributed by atoms with Crippen LogP contribution in [0.25, 0.3) is 11.2 Å². The summed E-state index contributed by atoms with van der Waals surface area (Å²) >= 11 is 3.34. The van der Waals surface area contributed by atoms with E-state index < -0.39 is 12.1 Å². The number of rotatable bonds is 5. The number of halogens is 1. The van der Waals surface area contributed by atoms with Gasteiger partial charge in [-0.2, -0.15) is 0 Å². The second-order valence-electron chi connectivity index (χ2n) is 3.92. The minimum absolute atomic E-state index is 0.0507. The number of carbonyl (C=O) groups excluding carboxylic acids is 1. The minimum atomic E-state index is -0.471. The number of pyridine rings is 1. The lowest BCUT2D eigenvalue weighted by Gasteiger charge is -2.10. The van der Waals surface area contributed by atoms with Crippen LogP contribution in [0.2, 0.25) is 0 Å². The summed E-state index contributed by atoms with van der Waals surface area (Å²) in [6, 6.07) is 1.87. The third-order valence-electron chi connectivity index (χ3n) is 2.44. The first-order valence-electron chi connectivity index (χ1n) is 5.88. The molecule has 2 aromatic heterocycles. The van der Waals surface area contributed by atoms with Crippen LogP contribution in [0.1, 0.15) is 25.8 Å². The van der Waals surface area contributed by atoms with E-state index in [4.69, 9.17) is 9.47 Å². The average Bonchev–Trinajstić information content (AvgIpc) is 2.79. The topological polar surface area (TPSA) is 77.1 Å². The molecule has 2 aromatic rings. The lowest BCUT2D eigenvalue weighted by atomic mass is 10.4. The van der Waals surface area contributed by atoms with Gasteiger partial charge < -0.3 is 14.5 Å². The van der Waals surface area contributed by atoms with Crippen molar-refractivity contribution in [1.82, 2.24) is 15.0 Å². The molecule has 7 heteroatoms. The molecule has 0 saturated heterocycles. The highest BCUT2D eigenvalue weighted by molar-refractivity contribution is 9.10. The second-order valence-corrected chi connectivity index (χ2v) is 4.83. The Kier molecular flexibility index (Phi) is 4.49. The number of hydrogen-bond donors (Lipinski definition) is 1. The highest BCUT2D eigenvalue weighted by atomic mass is 79.9. The SMILES string of the molecule is CCOCC(=O)OC(C)c1nc2ncc(Br)cc2[nH]1. The summed E-state index contributed by atoms with van der Waals surface area (Å²) in [5, 5.41) is 0. The fourth-order valence-corrected chi connectivity index (χ4v) is 1.89. The Hall–Kier alpha value is -1.47.